The van der Waals surface area contributed by atoms with E-state index in [1.165, 1.54) is 12.1 Å². The van der Waals surface area contributed by atoms with E-state index in [9.17, 15) is 18.0 Å². The van der Waals surface area contributed by atoms with Crippen LogP contribution in [-0.2, 0) is 12.7 Å². The van der Waals surface area contributed by atoms with Gasteiger partial charge < -0.3 is 14.2 Å². The molecule has 1 aliphatic rings. The number of rotatable bonds is 5. The number of alkyl halides is 3. The van der Waals surface area contributed by atoms with Crippen LogP contribution in [0.2, 0.25) is 0 Å². The molecule has 0 saturated carbocycles. The van der Waals surface area contributed by atoms with Crippen LogP contribution >= 0.6 is 0 Å². The molecule has 0 bridgehead atoms. The van der Waals surface area contributed by atoms with Crippen LogP contribution in [0, 0.1) is 0 Å². The number of piperazine rings is 1. The number of nitrogens with zero attached hydrogens (tertiary/aromatic N) is 4. The molecule has 2 heterocycles. The summed E-state index contributed by atoms with van der Waals surface area (Å²) < 4.78 is 49.1. The molecule has 2 aromatic carbocycles. The maximum atomic E-state index is 12.9. The summed E-state index contributed by atoms with van der Waals surface area (Å²) in [6.45, 7) is 2.67. The van der Waals surface area contributed by atoms with Crippen molar-refractivity contribution in [3.05, 3.63) is 65.5 Å². The smallest absolute Gasteiger partial charge is 0.416 e. The predicted molar refractivity (Wildman–Crippen MR) is 109 cm³/mol. The van der Waals surface area contributed by atoms with Gasteiger partial charge in [0.1, 0.15) is 5.75 Å². The summed E-state index contributed by atoms with van der Waals surface area (Å²) in [6.07, 6.45) is -4.44. The molecule has 1 amide bonds. The third kappa shape index (κ3) is 4.91. The number of halogens is 3. The number of amides is 1. The summed E-state index contributed by atoms with van der Waals surface area (Å²) in [5.41, 5.74) is 0.0746. The molecule has 0 atom stereocenters. The Bertz CT molecular complexity index is 1070. The molecule has 1 saturated heterocycles. The van der Waals surface area contributed by atoms with Gasteiger partial charge in [0.2, 0.25) is 11.7 Å². The molecule has 0 unspecified atom stereocenters. The monoisotopic (exact) mass is 446 g/mol. The van der Waals surface area contributed by atoms with Crippen LogP contribution in [0.1, 0.15) is 21.8 Å². The number of aromatic nitrogens is 2. The van der Waals surface area contributed by atoms with Crippen molar-refractivity contribution in [3.8, 4) is 17.1 Å². The van der Waals surface area contributed by atoms with Gasteiger partial charge in [-0.15, -0.1) is 0 Å². The lowest BCUT2D eigenvalue weighted by Gasteiger charge is -2.34. The highest BCUT2D eigenvalue weighted by atomic mass is 19.4. The van der Waals surface area contributed by atoms with Gasteiger partial charge in [0.05, 0.1) is 19.2 Å². The summed E-state index contributed by atoms with van der Waals surface area (Å²) in [4.78, 5) is 20.7. The van der Waals surface area contributed by atoms with E-state index in [2.05, 4.69) is 15.0 Å². The Morgan fingerprint density at radius 1 is 1.09 bits per heavy atom. The van der Waals surface area contributed by atoms with E-state index in [4.69, 9.17) is 9.26 Å². The van der Waals surface area contributed by atoms with Crippen molar-refractivity contribution in [2.75, 3.05) is 33.3 Å². The highest BCUT2D eigenvalue weighted by Gasteiger charge is 2.31. The zero-order valence-corrected chi connectivity index (χ0v) is 17.3. The minimum absolute atomic E-state index is 0.0445. The summed E-state index contributed by atoms with van der Waals surface area (Å²) in [5.74, 6) is 1.07. The predicted octanol–water partition coefficient (Wildman–Crippen LogP) is 3.72. The lowest BCUT2D eigenvalue weighted by Crippen LogP contribution is -2.48. The second-order valence-corrected chi connectivity index (χ2v) is 7.39. The topological polar surface area (TPSA) is 71.7 Å². The fraction of sp³-hybridized carbons (Fsp3) is 0.318. The first-order valence-electron chi connectivity index (χ1n) is 9.99. The normalized spacial score (nSPS) is 15.1. The minimum atomic E-state index is -4.44. The van der Waals surface area contributed by atoms with Gasteiger partial charge in [-0.05, 0) is 36.4 Å². The molecule has 10 heteroatoms. The fourth-order valence-electron chi connectivity index (χ4n) is 3.49. The van der Waals surface area contributed by atoms with Crippen molar-refractivity contribution in [1.29, 1.82) is 0 Å². The number of ether oxygens (including phenoxy) is 1. The Balaban J connectivity index is 1.34. The Morgan fingerprint density at radius 2 is 1.81 bits per heavy atom. The average molecular weight is 446 g/mol. The third-order valence-electron chi connectivity index (χ3n) is 5.27. The molecule has 1 fully saturated rings. The van der Waals surface area contributed by atoms with Gasteiger partial charge in [0, 0.05) is 37.3 Å². The standard InChI is InChI=1S/C22H21F3N4O3/c1-31-18-7-5-15(6-8-18)21(30)29-11-9-28(10-12-29)14-19-26-20(27-32-19)16-3-2-4-17(13-16)22(23,24)25/h2-8,13H,9-12,14H2,1H3. The summed E-state index contributed by atoms with van der Waals surface area (Å²) >= 11 is 0. The Morgan fingerprint density at radius 3 is 2.47 bits per heavy atom. The van der Waals surface area contributed by atoms with Crippen LogP contribution < -0.4 is 4.74 Å². The van der Waals surface area contributed by atoms with Crippen molar-refractivity contribution in [3.63, 3.8) is 0 Å². The summed E-state index contributed by atoms with van der Waals surface area (Å²) in [7, 11) is 1.57. The van der Waals surface area contributed by atoms with Gasteiger partial charge in [-0.25, -0.2) is 0 Å². The SMILES string of the molecule is COc1ccc(C(=O)N2CCN(Cc3nc(-c4cccc(C(F)(F)F)c4)no3)CC2)cc1. The number of carbonyl (C=O) groups excluding carboxylic acids is 1. The highest BCUT2D eigenvalue weighted by Crippen LogP contribution is 2.31. The van der Waals surface area contributed by atoms with Crippen LogP contribution in [0.15, 0.2) is 53.1 Å². The van der Waals surface area contributed by atoms with E-state index in [1.807, 2.05) is 0 Å². The van der Waals surface area contributed by atoms with E-state index in [0.29, 0.717) is 49.9 Å². The maximum Gasteiger partial charge on any atom is 0.416 e. The molecule has 0 radical (unpaired) electrons. The van der Waals surface area contributed by atoms with Gasteiger partial charge >= 0.3 is 6.18 Å². The van der Waals surface area contributed by atoms with Crippen molar-refractivity contribution in [2.45, 2.75) is 12.7 Å². The number of hydrogen-bond acceptors (Lipinski definition) is 6. The molecule has 0 N–H and O–H groups in total. The largest absolute Gasteiger partial charge is 0.497 e. The van der Waals surface area contributed by atoms with E-state index in [0.717, 1.165) is 12.1 Å². The zero-order valence-electron chi connectivity index (χ0n) is 17.3. The average Bonchev–Trinajstić information content (AvgIpc) is 3.27. The molecule has 0 spiro atoms. The summed E-state index contributed by atoms with van der Waals surface area (Å²) in [6, 6.07) is 11.8. The minimum Gasteiger partial charge on any atom is -0.497 e. The van der Waals surface area contributed by atoms with Crippen molar-refractivity contribution in [1.82, 2.24) is 19.9 Å². The van der Waals surface area contributed by atoms with E-state index in [1.54, 1.807) is 36.3 Å². The molecule has 168 valence electrons. The molecule has 7 nitrogen and oxygen atoms in total. The molecular weight excluding hydrogens is 425 g/mol. The number of carbonyl (C=O) groups is 1. The summed E-state index contributed by atoms with van der Waals surface area (Å²) in [5, 5.41) is 3.82. The quantitative estimate of drug-likeness (QED) is 0.595. The fourth-order valence-corrected chi connectivity index (χ4v) is 3.49. The lowest BCUT2D eigenvalue weighted by atomic mass is 10.1. The lowest BCUT2D eigenvalue weighted by molar-refractivity contribution is -0.137. The number of hydrogen-bond donors (Lipinski definition) is 0. The van der Waals surface area contributed by atoms with E-state index in [-0.39, 0.29) is 17.3 Å². The molecule has 1 aromatic heterocycles. The molecular formula is C22H21F3N4O3. The molecule has 3 aromatic rings. The van der Waals surface area contributed by atoms with Crippen LogP contribution in [0.25, 0.3) is 11.4 Å². The van der Waals surface area contributed by atoms with Crippen molar-refractivity contribution >= 4 is 5.91 Å². The number of benzene rings is 2. The molecule has 32 heavy (non-hydrogen) atoms. The van der Waals surface area contributed by atoms with E-state index < -0.39 is 11.7 Å². The van der Waals surface area contributed by atoms with Crippen LogP contribution in [0.3, 0.4) is 0 Å². The highest BCUT2D eigenvalue weighted by molar-refractivity contribution is 5.94. The number of methoxy groups -OCH3 is 1. The molecule has 0 aliphatic carbocycles. The second kappa shape index (κ2) is 8.99. The van der Waals surface area contributed by atoms with Crippen LogP contribution in [-0.4, -0.2) is 59.1 Å². The zero-order chi connectivity index (χ0) is 22.7. The molecule has 1 aliphatic heterocycles. The van der Waals surface area contributed by atoms with Gasteiger partial charge in [-0.1, -0.05) is 17.3 Å². The maximum absolute atomic E-state index is 12.9. The van der Waals surface area contributed by atoms with Gasteiger partial charge in [0.25, 0.3) is 5.91 Å². The Labute approximate surface area is 182 Å². The first kappa shape index (κ1) is 21.8. The first-order chi connectivity index (χ1) is 15.3. The van der Waals surface area contributed by atoms with Crippen LogP contribution in [0.5, 0.6) is 5.75 Å². The Hall–Kier alpha value is -3.40. The van der Waals surface area contributed by atoms with Crippen LogP contribution in [0.4, 0.5) is 13.2 Å². The van der Waals surface area contributed by atoms with E-state index >= 15 is 0 Å². The molecule has 4 rings (SSSR count). The van der Waals surface area contributed by atoms with Gasteiger partial charge in [-0.2, -0.15) is 18.2 Å². The first-order valence-corrected chi connectivity index (χ1v) is 9.99. The van der Waals surface area contributed by atoms with Crippen molar-refractivity contribution in [2.24, 2.45) is 0 Å². The van der Waals surface area contributed by atoms with Gasteiger partial charge in [0.15, 0.2) is 0 Å². The van der Waals surface area contributed by atoms with Crippen molar-refractivity contribution < 1.29 is 27.2 Å². The van der Waals surface area contributed by atoms with Gasteiger partial charge in [-0.3, -0.25) is 9.69 Å². The Kier molecular flexibility index (Phi) is 6.13. The second-order valence-electron chi connectivity index (χ2n) is 7.39. The third-order valence-corrected chi connectivity index (χ3v) is 5.27.